The van der Waals surface area contributed by atoms with Crippen molar-refractivity contribution in [3.05, 3.63) is 35.6 Å². The zero-order chi connectivity index (χ0) is 14.5. The monoisotopic (exact) mass is 278 g/mol. The van der Waals surface area contributed by atoms with Crippen LogP contribution in [0, 0.1) is 17.7 Å². The van der Waals surface area contributed by atoms with Crippen molar-refractivity contribution in [3.8, 4) is 0 Å². The smallest absolute Gasteiger partial charge is 0.123 e. The van der Waals surface area contributed by atoms with Gasteiger partial charge >= 0.3 is 0 Å². The third-order valence-electron chi connectivity index (χ3n) is 4.28. The van der Waals surface area contributed by atoms with Crippen LogP contribution in [0.2, 0.25) is 0 Å². The van der Waals surface area contributed by atoms with Crippen LogP contribution in [0.5, 0.6) is 0 Å². The Hall–Kier alpha value is -0.930. The third-order valence-corrected chi connectivity index (χ3v) is 4.28. The summed E-state index contributed by atoms with van der Waals surface area (Å²) < 4.78 is 13.3. The SMILES string of the molecule is CNC(CCN1CC(C)CC(C)C1)c1cccc(F)c1. The molecule has 3 heteroatoms. The summed E-state index contributed by atoms with van der Waals surface area (Å²) in [5.41, 5.74) is 1.05. The van der Waals surface area contributed by atoms with E-state index < -0.39 is 0 Å². The number of rotatable bonds is 5. The summed E-state index contributed by atoms with van der Waals surface area (Å²) in [6.45, 7) is 8.15. The summed E-state index contributed by atoms with van der Waals surface area (Å²) in [6.07, 6.45) is 2.37. The maximum atomic E-state index is 13.3. The summed E-state index contributed by atoms with van der Waals surface area (Å²) in [5.74, 6) is 1.44. The first kappa shape index (κ1) is 15.5. The van der Waals surface area contributed by atoms with Crippen molar-refractivity contribution in [3.63, 3.8) is 0 Å². The van der Waals surface area contributed by atoms with Gasteiger partial charge in [-0.05, 0) is 56.0 Å². The standard InChI is InChI=1S/C17H27FN2/c1-13-9-14(2)12-20(11-13)8-7-17(19-3)15-5-4-6-16(18)10-15/h4-6,10,13-14,17,19H,7-9,11-12H2,1-3H3. The number of halogens is 1. The van der Waals surface area contributed by atoms with Gasteiger partial charge < -0.3 is 10.2 Å². The van der Waals surface area contributed by atoms with Gasteiger partial charge in [0, 0.05) is 19.1 Å². The van der Waals surface area contributed by atoms with Gasteiger partial charge in [0.2, 0.25) is 0 Å². The highest BCUT2D eigenvalue weighted by Crippen LogP contribution is 2.23. The molecule has 1 aromatic carbocycles. The Kier molecular flexibility index (Phi) is 5.55. The lowest BCUT2D eigenvalue weighted by molar-refractivity contribution is 0.136. The lowest BCUT2D eigenvalue weighted by Gasteiger charge is -2.35. The van der Waals surface area contributed by atoms with E-state index in [4.69, 9.17) is 0 Å². The molecule has 0 bridgehead atoms. The van der Waals surface area contributed by atoms with Crippen molar-refractivity contribution in [2.45, 2.75) is 32.7 Å². The second kappa shape index (κ2) is 7.19. The normalized spacial score (nSPS) is 25.6. The number of hydrogen-bond acceptors (Lipinski definition) is 2. The lowest BCUT2D eigenvalue weighted by Crippen LogP contribution is -2.40. The molecular weight excluding hydrogens is 251 g/mol. The highest BCUT2D eigenvalue weighted by Gasteiger charge is 2.22. The first-order valence-electron chi connectivity index (χ1n) is 7.73. The topological polar surface area (TPSA) is 15.3 Å². The molecule has 112 valence electrons. The van der Waals surface area contributed by atoms with Gasteiger partial charge in [0.15, 0.2) is 0 Å². The zero-order valence-electron chi connectivity index (χ0n) is 12.9. The average Bonchev–Trinajstić information content (AvgIpc) is 2.38. The van der Waals surface area contributed by atoms with E-state index in [2.05, 4.69) is 24.1 Å². The van der Waals surface area contributed by atoms with Crippen LogP contribution >= 0.6 is 0 Å². The lowest BCUT2D eigenvalue weighted by atomic mass is 9.91. The quantitative estimate of drug-likeness (QED) is 0.887. The molecule has 2 nitrogen and oxygen atoms in total. The minimum atomic E-state index is -0.150. The third kappa shape index (κ3) is 4.29. The van der Waals surface area contributed by atoms with Crippen LogP contribution < -0.4 is 5.32 Å². The van der Waals surface area contributed by atoms with Gasteiger partial charge in [-0.15, -0.1) is 0 Å². The van der Waals surface area contributed by atoms with E-state index in [0.717, 1.165) is 30.4 Å². The summed E-state index contributed by atoms with van der Waals surface area (Å²) in [5, 5.41) is 3.31. The van der Waals surface area contributed by atoms with E-state index in [1.165, 1.54) is 25.6 Å². The van der Waals surface area contributed by atoms with Gasteiger partial charge in [-0.2, -0.15) is 0 Å². The predicted octanol–water partition coefficient (Wildman–Crippen LogP) is 3.45. The molecule has 2 rings (SSSR count). The molecule has 1 aliphatic heterocycles. The van der Waals surface area contributed by atoms with Crippen molar-refractivity contribution in [2.75, 3.05) is 26.7 Å². The number of nitrogens with zero attached hydrogens (tertiary/aromatic N) is 1. The van der Waals surface area contributed by atoms with E-state index in [9.17, 15) is 4.39 Å². The summed E-state index contributed by atoms with van der Waals surface area (Å²) in [4.78, 5) is 2.56. The van der Waals surface area contributed by atoms with Gasteiger partial charge in [-0.25, -0.2) is 4.39 Å². The van der Waals surface area contributed by atoms with E-state index in [1.807, 2.05) is 13.1 Å². The van der Waals surface area contributed by atoms with Crippen molar-refractivity contribution in [1.29, 1.82) is 0 Å². The fraction of sp³-hybridized carbons (Fsp3) is 0.647. The second-order valence-electron chi connectivity index (χ2n) is 6.39. The predicted molar refractivity (Wildman–Crippen MR) is 82.2 cm³/mol. The number of piperidine rings is 1. The first-order chi connectivity index (χ1) is 9.58. The molecule has 0 saturated carbocycles. The summed E-state index contributed by atoms with van der Waals surface area (Å²) >= 11 is 0. The van der Waals surface area contributed by atoms with Gasteiger partial charge in [0.1, 0.15) is 5.82 Å². The molecular formula is C17H27FN2. The Balaban J connectivity index is 1.90. The van der Waals surface area contributed by atoms with Crippen LogP contribution in [0.1, 0.15) is 38.3 Å². The maximum absolute atomic E-state index is 13.3. The van der Waals surface area contributed by atoms with Gasteiger partial charge in [-0.1, -0.05) is 26.0 Å². The zero-order valence-corrected chi connectivity index (χ0v) is 12.9. The van der Waals surface area contributed by atoms with E-state index >= 15 is 0 Å². The maximum Gasteiger partial charge on any atom is 0.123 e. The van der Waals surface area contributed by atoms with Crippen molar-refractivity contribution in [2.24, 2.45) is 11.8 Å². The van der Waals surface area contributed by atoms with Crippen LogP contribution in [0.15, 0.2) is 24.3 Å². The van der Waals surface area contributed by atoms with E-state index in [-0.39, 0.29) is 11.9 Å². The molecule has 0 amide bonds. The van der Waals surface area contributed by atoms with Crippen LogP contribution in [0.4, 0.5) is 4.39 Å². The van der Waals surface area contributed by atoms with Gasteiger partial charge in [0.05, 0.1) is 0 Å². The first-order valence-corrected chi connectivity index (χ1v) is 7.73. The van der Waals surface area contributed by atoms with Crippen LogP contribution in [-0.4, -0.2) is 31.6 Å². The molecule has 3 unspecified atom stereocenters. The van der Waals surface area contributed by atoms with Crippen molar-refractivity contribution >= 4 is 0 Å². The second-order valence-corrected chi connectivity index (χ2v) is 6.39. The minimum Gasteiger partial charge on any atom is -0.313 e. The molecule has 1 aliphatic rings. The highest BCUT2D eigenvalue weighted by molar-refractivity contribution is 5.20. The number of benzene rings is 1. The molecule has 1 saturated heterocycles. The highest BCUT2D eigenvalue weighted by atomic mass is 19.1. The molecule has 3 atom stereocenters. The fourth-order valence-electron chi connectivity index (χ4n) is 3.49. The molecule has 1 N–H and O–H groups in total. The number of likely N-dealkylation sites (tertiary alicyclic amines) is 1. The summed E-state index contributed by atoms with van der Waals surface area (Å²) in [6, 6.07) is 7.18. The van der Waals surface area contributed by atoms with Crippen LogP contribution in [0.3, 0.4) is 0 Å². The minimum absolute atomic E-state index is 0.150. The molecule has 0 aliphatic carbocycles. The summed E-state index contributed by atoms with van der Waals surface area (Å²) in [7, 11) is 1.96. The molecule has 0 radical (unpaired) electrons. The molecule has 1 aromatic rings. The van der Waals surface area contributed by atoms with Gasteiger partial charge in [-0.3, -0.25) is 0 Å². The number of hydrogen-bond donors (Lipinski definition) is 1. The van der Waals surface area contributed by atoms with Crippen molar-refractivity contribution in [1.82, 2.24) is 10.2 Å². The van der Waals surface area contributed by atoms with Crippen molar-refractivity contribution < 1.29 is 4.39 Å². The van der Waals surface area contributed by atoms with E-state index in [1.54, 1.807) is 12.1 Å². The molecule has 0 aromatic heterocycles. The Morgan fingerprint density at radius 3 is 2.60 bits per heavy atom. The Labute approximate surface area is 122 Å². The Morgan fingerprint density at radius 1 is 1.30 bits per heavy atom. The molecule has 1 heterocycles. The molecule has 20 heavy (non-hydrogen) atoms. The Bertz CT molecular complexity index is 411. The fourth-order valence-corrected chi connectivity index (χ4v) is 3.49. The molecule has 0 spiro atoms. The van der Waals surface area contributed by atoms with Crippen LogP contribution in [0.25, 0.3) is 0 Å². The van der Waals surface area contributed by atoms with Gasteiger partial charge in [0.25, 0.3) is 0 Å². The largest absolute Gasteiger partial charge is 0.313 e. The average molecular weight is 278 g/mol. The molecule has 1 fully saturated rings. The van der Waals surface area contributed by atoms with E-state index in [0.29, 0.717) is 0 Å². The number of nitrogens with one attached hydrogen (secondary N) is 1. The Morgan fingerprint density at radius 2 is 2.00 bits per heavy atom. The van der Waals surface area contributed by atoms with Crippen LogP contribution in [-0.2, 0) is 0 Å².